The lowest BCUT2D eigenvalue weighted by Crippen LogP contribution is -2.24. The first-order valence-electron chi connectivity index (χ1n) is 7.74. The van der Waals surface area contributed by atoms with Crippen molar-refractivity contribution >= 4 is 17.7 Å². The summed E-state index contributed by atoms with van der Waals surface area (Å²) < 4.78 is 24.1. The summed E-state index contributed by atoms with van der Waals surface area (Å²) in [5.74, 6) is 1.43. The van der Waals surface area contributed by atoms with E-state index in [-0.39, 0.29) is 11.7 Å². The number of hydrogen-bond donors (Lipinski definition) is 1. The van der Waals surface area contributed by atoms with Crippen molar-refractivity contribution in [2.75, 3.05) is 19.0 Å². The molecule has 1 amide bonds. The highest BCUT2D eigenvalue weighted by atomic mass is 32.2. The maximum Gasteiger partial charge on any atom is 0.230 e. The van der Waals surface area contributed by atoms with Gasteiger partial charge in [0.1, 0.15) is 5.82 Å². The Morgan fingerprint density at radius 3 is 2.62 bits per heavy atom. The lowest BCUT2D eigenvalue weighted by molar-refractivity contribution is -0.118. The fraction of sp³-hybridized carbons (Fsp3) is 0.278. The molecular weight excluding hydrogens is 329 g/mol. The summed E-state index contributed by atoms with van der Waals surface area (Å²) in [5, 5.41) is 2.82. The van der Waals surface area contributed by atoms with Gasteiger partial charge in [-0.3, -0.25) is 4.79 Å². The van der Waals surface area contributed by atoms with Crippen LogP contribution >= 0.6 is 11.8 Å². The Balaban J connectivity index is 1.49. The van der Waals surface area contributed by atoms with Crippen molar-refractivity contribution < 1.29 is 18.7 Å². The van der Waals surface area contributed by atoms with Gasteiger partial charge in [0.15, 0.2) is 11.5 Å². The number of ether oxygens (including phenoxy) is 2. The normalized spacial score (nSPS) is 13.2. The van der Waals surface area contributed by atoms with Crippen LogP contribution in [0.15, 0.2) is 47.4 Å². The molecule has 0 spiro atoms. The van der Waals surface area contributed by atoms with Gasteiger partial charge in [-0.15, -0.1) is 11.8 Å². The maximum absolute atomic E-state index is 12.8. The van der Waals surface area contributed by atoms with E-state index in [9.17, 15) is 9.18 Å². The van der Waals surface area contributed by atoms with Crippen LogP contribution < -0.4 is 14.8 Å². The standard InChI is InChI=1S/C18H18FNO3S/c19-14-4-2-13(3-5-14)11-20-18(21)12-24-15-6-7-16-17(10-15)23-9-1-8-22-16/h2-7,10H,1,8-9,11-12H2,(H,20,21). The van der Waals surface area contributed by atoms with Gasteiger partial charge in [0, 0.05) is 17.9 Å². The van der Waals surface area contributed by atoms with Gasteiger partial charge in [-0.2, -0.15) is 0 Å². The molecule has 1 aliphatic rings. The third-order valence-electron chi connectivity index (χ3n) is 3.49. The second kappa shape index (κ2) is 8.06. The number of rotatable bonds is 5. The minimum absolute atomic E-state index is 0.0727. The predicted molar refractivity (Wildman–Crippen MR) is 91.0 cm³/mol. The highest BCUT2D eigenvalue weighted by Crippen LogP contribution is 2.33. The number of thioether (sulfide) groups is 1. The molecule has 1 heterocycles. The summed E-state index contributed by atoms with van der Waals surface area (Å²) in [7, 11) is 0. The molecule has 0 radical (unpaired) electrons. The molecule has 2 aromatic carbocycles. The van der Waals surface area contributed by atoms with Crippen LogP contribution in [0.5, 0.6) is 11.5 Å². The SMILES string of the molecule is O=C(CSc1ccc2c(c1)OCCCO2)NCc1ccc(F)cc1. The highest BCUT2D eigenvalue weighted by Gasteiger charge is 2.11. The third-order valence-corrected chi connectivity index (χ3v) is 4.49. The van der Waals surface area contributed by atoms with E-state index in [0.717, 1.165) is 28.4 Å². The third kappa shape index (κ3) is 4.64. The summed E-state index contributed by atoms with van der Waals surface area (Å²) in [4.78, 5) is 12.9. The summed E-state index contributed by atoms with van der Waals surface area (Å²) >= 11 is 1.44. The zero-order valence-electron chi connectivity index (χ0n) is 13.1. The molecule has 0 fully saturated rings. The molecule has 3 rings (SSSR count). The van der Waals surface area contributed by atoms with Gasteiger partial charge in [0.25, 0.3) is 0 Å². The van der Waals surface area contributed by atoms with Gasteiger partial charge in [-0.05, 0) is 35.9 Å². The number of amides is 1. The first-order valence-corrected chi connectivity index (χ1v) is 8.73. The van der Waals surface area contributed by atoms with E-state index in [4.69, 9.17) is 9.47 Å². The molecule has 0 saturated heterocycles. The number of hydrogen-bond acceptors (Lipinski definition) is 4. The van der Waals surface area contributed by atoms with Crippen molar-refractivity contribution in [2.45, 2.75) is 17.9 Å². The van der Waals surface area contributed by atoms with Gasteiger partial charge < -0.3 is 14.8 Å². The Kier molecular flexibility index (Phi) is 5.59. The number of carbonyl (C=O) groups excluding carboxylic acids is 1. The Morgan fingerprint density at radius 2 is 1.83 bits per heavy atom. The Labute approximate surface area is 144 Å². The minimum atomic E-state index is -0.282. The number of carbonyl (C=O) groups is 1. The number of halogens is 1. The van der Waals surface area contributed by atoms with Gasteiger partial charge >= 0.3 is 0 Å². The van der Waals surface area contributed by atoms with Crippen LogP contribution in [0.4, 0.5) is 4.39 Å². The fourth-order valence-electron chi connectivity index (χ4n) is 2.24. The maximum atomic E-state index is 12.8. The quantitative estimate of drug-likeness (QED) is 0.842. The van der Waals surface area contributed by atoms with E-state index in [1.54, 1.807) is 12.1 Å². The minimum Gasteiger partial charge on any atom is -0.490 e. The average molecular weight is 347 g/mol. The molecule has 126 valence electrons. The van der Waals surface area contributed by atoms with Gasteiger partial charge in [0.05, 0.1) is 19.0 Å². The van der Waals surface area contributed by atoms with Crippen LogP contribution in [-0.2, 0) is 11.3 Å². The zero-order chi connectivity index (χ0) is 16.8. The van der Waals surface area contributed by atoms with Crippen molar-refractivity contribution in [2.24, 2.45) is 0 Å². The summed E-state index contributed by atoms with van der Waals surface area (Å²) in [6, 6.07) is 11.8. The van der Waals surface area contributed by atoms with Crippen molar-refractivity contribution in [1.82, 2.24) is 5.32 Å². The molecule has 24 heavy (non-hydrogen) atoms. The smallest absolute Gasteiger partial charge is 0.230 e. The van der Waals surface area contributed by atoms with E-state index in [0.29, 0.717) is 25.5 Å². The number of nitrogens with one attached hydrogen (secondary N) is 1. The topological polar surface area (TPSA) is 47.6 Å². The molecule has 0 atom stereocenters. The lowest BCUT2D eigenvalue weighted by atomic mass is 10.2. The van der Waals surface area contributed by atoms with E-state index >= 15 is 0 Å². The highest BCUT2D eigenvalue weighted by molar-refractivity contribution is 8.00. The summed E-state index contributed by atoms with van der Waals surface area (Å²) in [5.41, 5.74) is 0.866. The van der Waals surface area contributed by atoms with Gasteiger partial charge in [-0.1, -0.05) is 12.1 Å². The molecule has 0 aliphatic carbocycles. The summed E-state index contributed by atoms with van der Waals surface area (Å²) in [6.07, 6.45) is 0.864. The van der Waals surface area contributed by atoms with Crippen molar-refractivity contribution in [1.29, 1.82) is 0 Å². The molecule has 2 aromatic rings. The molecule has 0 aromatic heterocycles. The van der Waals surface area contributed by atoms with Gasteiger partial charge in [-0.25, -0.2) is 4.39 Å². The average Bonchev–Trinajstić information content (AvgIpc) is 2.84. The monoisotopic (exact) mass is 347 g/mol. The fourth-order valence-corrected chi connectivity index (χ4v) is 2.99. The van der Waals surface area contributed by atoms with Crippen molar-refractivity contribution in [3.05, 3.63) is 53.8 Å². The Bertz CT molecular complexity index is 706. The van der Waals surface area contributed by atoms with E-state index in [2.05, 4.69) is 5.32 Å². The molecule has 0 bridgehead atoms. The van der Waals surface area contributed by atoms with Crippen LogP contribution in [-0.4, -0.2) is 24.9 Å². The zero-order valence-corrected chi connectivity index (χ0v) is 13.9. The van der Waals surface area contributed by atoms with E-state index in [1.165, 1.54) is 23.9 Å². The molecule has 4 nitrogen and oxygen atoms in total. The van der Waals surface area contributed by atoms with Crippen molar-refractivity contribution in [3.8, 4) is 11.5 Å². The van der Waals surface area contributed by atoms with Crippen LogP contribution in [0.25, 0.3) is 0 Å². The molecule has 0 saturated carbocycles. The molecule has 1 aliphatic heterocycles. The number of fused-ring (bicyclic) bond motifs is 1. The second-order valence-corrected chi connectivity index (χ2v) is 6.40. The Morgan fingerprint density at radius 1 is 1.08 bits per heavy atom. The van der Waals surface area contributed by atoms with Crippen molar-refractivity contribution in [3.63, 3.8) is 0 Å². The molecule has 1 N–H and O–H groups in total. The Hall–Kier alpha value is -2.21. The predicted octanol–water partition coefficient (Wildman–Crippen LogP) is 3.40. The lowest BCUT2D eigenvalue weighted by Gasteiger charge is -2.09. The first-order chi connectivity index (χ1) is 11.7. The summed E-state index contributed by atoms with van der Waals surface area (Å²) in [6.45, 7) is 1.69. The van der Waals surface area contributed by atoms with Crippen LogP contribution in [0.3, 0.4) is 0 Å². The first kappa shape index (κ1) is 16.6. The molecule has 0 unspecified atom stereocenters. The molecule has 6 heteroatoms. The van der Waals surface area contributed by atoms with Gasteiger partial charge in [0.2, 0.25) is 5.91 Å². The van der Waals surface area contributed by atoms with E-state index in [1.807, 2.05) is 18.2 Å². The van der Waals surface area contributed by atoms with Crippen LogP contribution in [0, 0.1) is 5.82 Å². The molecular formula is C18H18FNO3S. The van der Waals surface area contributed by atoms with Crippen LogP contribution in [0.1, 0.15) is 12.0 Å². The second-order valence-electron chi connectivity index (χ2n) is 5.35. The van der Waals surface area contributed by atoms with E-state index < -0.39 is 0 Å². The van der Waals surface area contributed by atoms with Crippen LogP contribution in [0.2, 0.25) is 0 Å². The largest absolute Gasteiger partial charge is 0.490 e. The number of benzene rings is 2.